The van der Waals surface area contributed by atoms with Gasteiger partial charge in [-0.25, -0.2) is 0 Å². The largest absolute Gasteiger partial charge is 0.493 e. The van der Waals surface area contributed by atoms with Gasteiger partial charge in [0.1, 0.15) is 6.04 Å². The Balaban J connectivity index is 1.70. The van der Waals surface area contributed by atoms with Crippen LogP contribution in [0, 0.1) is 11.3 Å². The lowest BCUT2D eigenvalue weighted by Crippen LogP contribution is -2.67. The Bertz CT molecular complexity index is 967. The average molecular weight is 375 g/mol. The number of ether oxygens (including phenoxy) is 2. The van der Waals surface area contributed by atoms with Gasteiger partial charge in [0, 0.05) is 24.2 Å². The van der Waals surface area contributed by atoms with Gasteiger partial charge in [0.05, 0.1) is 26.3 Å². The number of piperazine rings is 1. The van der Waals surface area contributed by atoms with E-state index in [9.17, 15) is 5.26 Å². The third kappa shape index (κ3) is 2.32. The molecule has 2 aromatic rings. The van der Waals surface area contributed by atoms with Crippen molar-refractivity contribution in [3.05, 3.63) is 58.7 Å². The van der Waals surface area contributed by atoms with Crippen LogP contribution in [-0.2, 0) is 19.4 Å². The number of nitriles is 1. The van der Waals surface area contributed by atoms with Crippen LogP contribution >= 0.6 is 0 Å². The van der Waals surface area contributed by atoms with Gasteiger partial charge in [-0.15, -0.1) is 0 Å². The first-order valence-electron chi connectivity index (χ1n) is 9.85. The summed E-state index contributed by atoms with van der Waals surface area (Å²) in [4.78, 5) is 4.84. The highest BCUT2D eigenvalue weighted by atomic mass is 16.5. The summed E-state index contributed by atoms with van der Waals surface area (Å²) in [5.41, 5.74) is 5.25. The summed E-state index contributed by atoms with van der Waals surface area (Å²) in [5.74, 6) is 1.61. The van der Waals surface area contributed by atoms with Crippen LogP contribution in [0.1, 0.15) is 28.3 Å². The van der Waals surface area contributed by atoms with E-state index in [1.165, 1.54) is 22.3 Å². The molecule has 2 aromatic carbocycles. The molecule has 4 atom stereocenters. The molecule has 3 heterocycles. The highest BCUT2D eigenvalue weighted by Gasteiger charge is 2.52. The van der Waals surface area contributed by atoms with E-state index >= 15 is 0 Å². The van der Waals surface area contributed by atoms with E-state index in [0.29, 0.717) is 0 Å². The van der Waals surface area contributed by atoms with E-state index in [0.717, 1.165) is 30.9 Å². The quantitative estimate of drug-likeness (QED) is 0.808. The summed E-state index contributed by atoms with van der Waals surface area (Å²) in [6.45, 7) is 0.835. The second-order valence-electron chi connectivity index (χ2n) is 8.04. The van der Waals surface area contributed by atoms with Crippen molar-refractivity contribution in [1.82, 2.24) is 9.80 Å². The summed E-state index contributed by atoms with van der Waals surface area (Å²) in [6.07, 6.45) is 1.79. The van der Waals surface area contributed by atoms with Crippen molar-refractivity contribution in [1.29, 1.82) is 5.26 Å². The van der Waals surface area contributed by atoms with E-state index in [2.05, 4.69) is 53.2 Å². The first kappa shape index (κ1) is 17.5. The maximum atomic E-state index is 10.1. The summed E-state index contributed by atoms with van der Waals surface area (Å²) < 4.78 is 11.4. The summed E-state index contributed by atoms with van der Waals surface area (Å²) in [7, 11) is 5.58. The van der Waals surface area contributed by atoms with E-state index in [4.69, 9.17) is 9.47 Å². The standard InChI is InChI=1S/C23H25N3O2/c1-25-17-11-15-8-9-20(27-2)23(28-3)21(15)22(25)18-10-14-6-4-5-7-16(14)13-26(18)19(17)12-24/h4-9,17-19,22H,10-11,13H2,1-3H3/t17-,18+,19?,22-/m0/s1. The number of hydrogen-bond donors (Lipinski definition) is 0. The van der Waals surface area contributed by atoms with Crippen LogP contribution in [0.3, 0.4) is 0 Å². The van der Waals surface area contributed by atoms with Crippen molar-refractivity contribution in [2.24, 2.45) is 0 Å². The number of nitrogens with zero attached hydrogens (tertiary/aromatic N) is 3. The molecule has 0 amide bonds. The number of hydrogen-bond acceptors (Lipinski definition) is 5. The molecule has 5 heteroatoms. The lowest BCUT2D eigenvalue weighted by molar-refractivity contribution is -0.0528. The van der Waals surface area contributed by atoms with Crippen molar-refractivity contribution in [2.75, 3.05) is 21.3 Å². The summed E-state index contributed by atoms with van der Waals surface area (Å²) in [5, 5.41) is 10.1. The Hall–Kier alpha value is -2.55. The van der Waals surface area contributed by atoms with Crippen LogP contribution in [-0.4, -0.2) is 49.2 Å². The van der Waals surface area contributed by atoms with Gasteiger partial charge in [0.25, 0.3) is 0 Å². The number of likely N-dealkylation sites (N-methyl/N-ethyl adjacent to an activating group) is 1. The van der Waals surface area contributed by atoms with Crippen LogP contribution in [0.5, 0.6) is 11.5 Å². The molecule has 0 spiro atoms. The van der Waals surface area contributed by atoms with Gasteiger partial charge in [0.15, 0.2) is 11.5 Å². The molecule has 5 rings (SSSR count). The van der Waals surface area contributed by atoms with Gasteiger partial charge in [-0.3, -0.25) is 9.80 Å². The summed E-state index contributed by atoms with van der Waals surface area (Å²) >= 11 is 0. The normalized spacial score (nSPS) is 28.5. The van der Waals surface area contributed by atoms with Gasteiger partial charge in [-0.2, -0.15) is 5.26 Å². The molecule has 1 fully saturated rings. The molecule has 0 saturated carbocycles. The highest BCUT2D eigenvalue weighted by molar-refractivity contribution is 5.55. The second-order valence-corrected chi connectivity index (χ2v) is 8.04. The van der Waals surface area contributed by atoms with Crippen LogP contribution in [0.25, 0.3) is 0 Å². The number of rotatable bonds is 2. The van der Waals surface area contributed by atoms with Gasteiger partial charge >= 0.3 is 0 Å². The predicted molar refractivity (Wildman–Crippen MR) is 106 cm³/mol. The Kier molecular flexibility index (Phi) is 4.08. The smallest absolute Gasteiger partial charge is 0.165 e. The third-order valence-corrected chi connectivity index (χ3v) is 6.91. The first-order valence-corrected chi connectivity index (χ1v) is 9.85. The van der Waals surface area contributed by atoms with E-state index in [-0.39, 0.29) is 24.2 Å². The molecular weight excluding hydrogens is 350 g/mol. The van der Waals surface area contributed by atoms with Crippen LogP contribution < -0.4 is 9.47 Å². The topological polar surface area (TPSA) is 48.7 Å². The van der Waals surface area contributed by atoms with Crippen molar-refractivity contribution in [3.8, 4) is 17.6 Å². The molecule has 2 bridgehead atoms. The molecule has 0 aliphatic carbocycles. The van der Waals surface area contributed by atoms with Crippen molar-refractivity contribution in [3.63, 3.8) is 0 Å². The fraction of sp³-hybridized carbons (Fsp3) is 0.435. The van der Waals surface area contributed by atoms with Gasteiger partial charge in [-0.1, -0.05) is 30.3 Å². The minimum absolute atomic E-state index is 0.110. The van der Waals surface area contributed by atoms with Crippen molar-refractivity contribution < 1.29 is 9.47 Å². The predicted octanol–water partition coefficient (Wildman–Crippen LogP) is 2.93. The van der Waals surface area contributed by atoms with Crippen LogP contribution in [0.15, 0.2) is 36.4 Å². The average Bonchev–Trinajstić information content (AvgIpc) is 2.72. The molecule has 3 aliphatic rings. The molecule has 144 valence electrons. The van der Waals surface area contributed by atoms with Crippen molar-refractivity contribution in [2.45, 2.75) is 43.6 Å². The molecule has 5 nitrogen and oxygen atoms in total. The first-order chi connectivity index (χ1) is 13.7. The van der Waals surface area contributed by atoms with Crippen LogP contribution in [0.2, 0.25) is 0 Å². The van der Waals surface area contributed by atoms with E-state index in [1.54, 1.807) is 14.2 Å². The fourth-order valence-electron chi connectivity index (χ4n) is 5.62. The van der Waals surface area contributed by atoms with Crippen molar-refractivity contribution >= 4 is 0 Å². The molecule has 0 N–H and O–H groups in total. The molecule has 3 aliphatic heterocycles. The Labute approximate surface area is 166 Å². The maximum Gasteiger partial charge on any atom is 0.165 e. The minimum atomic E-state index is -0.110. The van der Waals surface area contributed by atoms with Gasteiger partial charge in [0.2, 0.25) is 0 Å². The molecule has 0 aromatic heterocycles. The Morgan fingerprint density at radius 3 is 2.43 bits per heavy atom. The molecule has 0 radical (unpaired) electrons. The SMILES string of the molecule is COc1ccc2c(c1OC)[C@@H]1[C@H]3Cc4ccccc4CN3C(C#N)[C@H](C2)N1C. The molecular formula is C23H25N3O2. The Morgan fingerprint density at radius 2 is 1.71 bits per heavy atom. The monoisotopic (exact) mass is 375 g/mol. The number of benzene rings is 2. The summed E-state index contributed by atoms with van der Waals surface area (Å²) in [6, 6.07) is 15.9. The number of methoxy groups -OCH3 is 2. The molecule has 1 saturated heterocycles. The van der Waals surface area contributed by atoms with E-state index in [1.807, 2.05) is 6.07 Å². The van der Waals surface area contributed by atoms with Gasteiger partial charge < -0.3 is 9.47 Å². The molecule has 1 unspecified atom stereocenters. The lowest BCUT2D eigenvalue weighted by Gasteiger charge is -2.57. The fourth-order valence-corrected chi connectivity index (χ4v) is 5.62. The van der Waals surface area contributed by atoms with Crippen LogP contribution in [0.4, 0.5) is 0 Å². The third-order valence-electron chi connectivity index (χ3n) is 6.91. The highest BCUT2D eigenvalue weighted by Crippen LogP contribution is 2.50. The zero-order valence-electron chi connectivity index (χ0n) is 16.6. The zero-order valence-corrected chi connectivity index (χ0v) is 16.6. The zero-order chi connectivity index (χ0) is 19.4. The number of fused-ring (bicyclic) bond motifs is 7. The second kappa shape index (κ2) is 6.51. The Morgan fingerprint density at radius 1 is 0.964 bits per heavy atom. The van der Waals surface area contributed by atoms with Gasteiger partial charge in [-0.05, 0) is 42.6 Å². The lowest BCUT2D eigenvalue weighted by atomic mass is 9.74. The van der Waals surface area contributed by atoms with E-state index < -0.39 is 0 Å². The molecule has 28 heavy (non-hydrogen) atoms. The minimum Gasteiger partial charge on any atom is -0.493 e. The maximum absolute atomic E-state index is 10.1.